The van der Waals surface area contributed by atoms with Crippen molar-refractivity contribution in [1.82, 2.24) is 0 Å². The Bertz CT molecular complexity index is 380. The molecule has 1 unspecified atom stereocenters. The van der Waals surface area contributed by atoms with Crippen LogP contribution in [0.15, 0.2) is 18.2 Å². The van der Waals surface area contributed by atoms with Crippen molar-refractivity contribution in [3.8, 4) is 11.5 Å². The van der Waals surface area contributed by atoms with Gasteiger partial charge in [-0.05, 0) is 31.0 Å². The standard InChI is InChI=1S/C11H15NO4.H2O/c1-2-16-11(15)8(12)5-7-3-4-9(13)10(14)6-7;/h3-4,6,8,13-14H,2,5,12H2,1H3;1H2. The minimum absolute atomic E-state index is 0. The fraction of sp³-hybridized carbons (Fsp3) is 0.364. The molecule has 96 valence electrons. The Morgan fingerprint density at radius 2 is 2.06 bits per heavy atom. The topological polar surface area (TPSA) is 124 Å². The highest BCUT2D eigenvalue weighted by Gasteiger charge is 2.15. The summed E-state index contributed by atoms with van der Waals surface area (Å²) in [6.45, 7) is 1.99. The van der Waals surface area contributed by atoms with E-state index in [0.29, 0.717) is 5.56 Å². The van der Waals surface area contributed by atoms with E-state index in [1.165, 1.54) is 12.1 Å². The van der Waals surface area contributed by atoms with Crippen LogP contribution in [0.25, 0.3) is 0 Å². The van der Waals surface area contributed by atoms with Crippen LogP contribution >= 0.6 is 0 Å². The van der Waals surface area contributed by atoms with Crippen LogP contribution < -0.4 is 5.73 Å². The van der Waals surface area contributed by atoms with E-state index in [2.05, 4.69) is 0 Å². The van der Waals surface area contributed by atoms with Gasteiger partial charge in [0.1, 0.15) is 6.04 Å². The van der Waals surface area contributed by atoms with Crippen LogP contribution in [0.1, 0.15) is 12.5 Å². The summed E-state index contributed by atoms with van der Waals surface area (Å²) >= 11 is 0. The average Bonchev–Trinajstić information content (AvgIpc) is 2.24. The van der Waals surface area contributed by atoms with Gasteiger partial charge >= 0.3 is 5.97 Å². The van der Waals surface area contributed by atoms with Gasteiger partial charge < -0.3 is 26.2 Å². The molecule has 0 saturated carbocycles. The number of ether oxygens (including phenoxy) is 1. The number of nitrogens with two attached hydrogens (primary N) is 1. The highest BCUT2D eigenvalue weighted by molar-refractivity contribution is 5.75. The summed E-state index contributed by atoms with van der Waals surface area (Å²) in [4.78, 5) is 11.2. The first-order chi connectivity index (χ1) is 7.54. The first-order valence-corrected chi connectivity index (χ1v) is 4.97. The minimum atomic E-state index is -0.760. The largest absolute Gasteiger partial charge is 0.504 e. The molecule has 1 rings (SSSR count). The van der Waals surface area contributed by atoms with E-state index < -0.39 is 12.0 Å². The maximum Gasteiger partial charge on any atom is 0.323 e. The Hall–Kier alpha value is -1.79. The first-order valence-electron chi connectivity index (χ1n) is 4.97. The lowest BCUT2D eigenvalue weighted by molar-refractivity contribution is -0.144. The average molecular weight is 243 g/mol. The van der Waals surface area contributed by atoms with E-state index in [1.807, 2.05) is 0 Å². The van der Waals surface area contributed by atoms with Crippen LogP contribution in [-0.4, -0.2) is 34.3 Å². The molecule has 0 bridgehead atoms. The number of carbonyl (C=O) groups is 1. The van der Waals surface area contributed by atoms with Crippen molar-refractivity contribution in [3.63, 3.8) is 0 Å². The second-order valence-corrected chi connectivity index (χ2v) is 3.39. The van der Waals surface area contributed by atoms with Crippen molar-refractivity contribution in [2.24, 2.45) is 5.73 Å². The van der Waals surface area contributed by atoms with Crippen LogP contribution in [0.3, 0.4) is 0 Å². The van der Waals surface area contributed by atoms with Crippen molar-refractivity contribution < 1.29 is 25.2 Å². The zero-order valence-electron chi connectivity index (χ0n) is 9.51. The van der Waals surface area contributed by atoms with Crippen molar-refractivity contribution in [1.29, 1.82) is 0 Å². The van der Waals surface area contributed by atoms with Gasteiger partial charge in [0, 0.05) is 0 Å². The summed E-state index contributed by atoms with van der Waals surface area (Å²) in [5.74, 6) is -0.905. The van der Waals surface area contributed by atoms with E-state index in [-0.39, 0.29) is 30.0 Å². The summed E-state index contributed by atoms with van der Waals surface area (Å²) in [5.41, 5.74) is 6.27. The lowest BCUT2D eigenvalue weighted by Gasteiger charge is -2.10. The van der Waals surface area contributed by atoms with E-state index in [0.717, 1.165) is 0 Å². The summed E-state index contributed by atoms with van der Waals surface area (Å²) in [6, 6.07) is 3.55. The van der Waals surface area contributed by atoms with Gasteiger partial charge in [0.2, 0.25) is 0 Å². The van der Waals surface area contributed by atoms with Gasteiger partial charge in [0.05, 0.1) is 6.61 Å². The van der Waals surface area contributed by atoms with Crippen LogP contribution in [0.5, 0.6) is 11.5 Å². The molecule has 6 N–H and O–H groups in total. The van der Waals surface area contributed by atoms with Crippen LogP contribution in [-0.2, 0) is 16.0 Å². The molecule has 0 saturated heterocycles. The molecular formula is C11H17NO5. The normalized spacial score (nSPS) is 11.4. The number of carbonyl (C=O) groups excluding carboxylic acids is 1. The van der Waals surface area contributed by atoms with Crippen molar-refractivity contribution in [2.45, 2.75) is 19.4 Å². The molecule has 0 aliphatic rings. The Morgan fingerprint density at radius 1 is 1.41 bits per heavy atom. The number of esters is 1. The van der Waals surface area contributed by atoms with E-state index in [9.17, 15) is 9.90 Å². The third-order valence-corrected chi connectivity index (χ3v) is 2.08. The van der Waals surface area contributed by atoms with Crippen LogP contribution in [0.4, 0.5) is 0 Å². The molecule has 0 fully saturated rings. The molecule has 0 amide bonds. The first kappa shape index (κ1) is 15.2. The fourth-order valence-electron chi connectivity index (χ4n) is 1.28. The maximum atomic E-state index is 11.2. The van der Waals surface area contributed by atoms with Gasteiger partial charge in [-0.15, -0.1) is 0 Å². The predicted octanol–water partition coefficient (Wildman–Crippen LogP) is -0.294. The molecule has 17 heavy (non-hydrogen) atoms. The van der Waals surface area contributed by atoms with Gasteiger partial charge in [0.25, 0.3) is 0 Å². The van der Waals surface area contributed by atoms with Gasteiger partial charge in [0.15, 0.2) is 11.5 Å². The Labute approximate surface area is 98.9 Å². The molecule has 0 aromatic heterocycles. The fourth-order valence-corrected chi connectivity index (χ4v) is 1.28. The molecule has 0 radical (unpaired) electrons. The molecule has 1 aromatic rings. The third kappa shape index (κ3) is 4.29. The molecule has 1 aromatic carbocycles. The number of phenolic OH excluding ortho intramolecular Hbond substituents is 2. The molecule has 6 nitrogen and oxygen atoms in total. The van der Waals surface area contributed by atoms with Gasteiger partial charge in [-0.2, -0.15) is 0 Å². The number of phenols is 2. The van der Waals surface area contributed by atoms with Gasteiger partial charge in [-0.25, -0.2) is 0 Å². The van der Waals surface area contributed by atoms with Crippen molar-refractivity contribution >= 4 is 5.97 Å². The second kappa shape index (κ2) is 6.72. The highest BCUT2D eigenvalue weighted by Crippen LogP contribution is 2.25. The van der Waals surface area contributed by atoms with E-state index >= 15 is 0 Å². The second-order valence-electron chi connectivity index (χ2n) is 3.39. The highest BCUT2D eigenvalue weighted by atomic mass is 16.5. The molecule has 0 heterocycles. The summed E-state index contributed by atoms with van der Waals surface area (Å²) in [6.07, 6.45) is 0.257. The number of rotatable bonds is 4. The quantitative estimate of drug-likeness (QED) is 0.495. The monoisotopic (exact) mass is 243 g/mol. The summed E-state index contributed by atoms with van der Waals surface area (Å²) in [5, 5.41) is 18.3. The zero-order valence-corrected chi connectivity index (χ0v) is 9.51. The molecule has 6 heteroatoms. The van der Waals surface area contributed by atoms with Gasteiger partial charge in [-0.3, -0.25) is 4.79 Å². The molecule has 0 aliphatic carbocycles. The van der Waals surface area contributed by atoms with E-state index in [1.54, 1.807) is 13.0 Å². The Morgan fingerprint density at radius 3 is 2.59 bits per heavy atom. The molecule has 0 aliphatic heterocycles. The number of aromatic hydroxyl groups is 2. The predicted molar refractivity (Wildman–Crippen MR) is 61.7 cm³/mol. The van der Waals surface area contributed by atoms with E-state index in [4.69, 9.17) is 15.6 Å². The zero-order chi connectivity index (χ0) is 12.1. The molecule has 0 spiro atoms. The number of hydrogen-bond donors (Lipinski definition) is 3. The summed E-state index contributed by atoms with van der Waals surface area (Å²) < 4.78 is 4.75. The van der Waals surface area contributed by atoms with Gasteiger partial charge in [-0.1, -0.05) is 6.07 Å². The molecular weight excluding hydrogens is 226 g/mol. The smallest absolute Gasteiger partial charge is 0.323 e. The van der Waals surface area contributed by atoms with Crippen molar-refractivity contribution in [2.75, 3.05) is 6.61 Å². The lowest BCUT2D eigenvalue weighted by Crippen LogP contribution is -2.34. The SMILES string of the molecule is CCOC(=O)C(N)Cc1ccc(O)c(O)c1.O. The summed E-state index contributed by atoms with van der Waals surface area (Å²) in [7, 11) is 0. The van der Waals surface area contributed by atoms with Crippen LogP contribution in [0, 0.1) is 0 Å². The van der Waals surface area contributed by atoms with Crippen LogP contribution in [0.2, 0.25) is 0 Å². The number of benzene rings is 1. The molecule has 1 atom stereocenters. The maximum absolute atomic E-state index is 11.2. The lowest BCUT2D eigenvalue weighted by atomic mass is 10.1. The Balaban J connectivity index is 0.00000256. The minimum Gasteiger partial charge on any atom is -0.504 e. The Kier molecular flexibility index (Phi) is 6.01. The number of hydrogen-bond acceptors (Lipinski definition) is 5. The van der Waals surface area contributed by atoms with Crippen molar-refractivity contribution in [3.05, 3.63) is 23.8 Å². The third-order valence-electron chi connectivity index (χ3n) is 2.08.